The Morgan fingerprint density at radius 3 is 1.83 bits per heavy atom. The number of carbonyl (C=O) groups is 1. The van der Waals surface area contributed by atoms with Crippen molar-refractivity contribution in [3.63, 3.8) is 0 Å². The van der Waals surface area contributed by atoms with Gasteiger partial charge in [0, 0.05) is 23.6 Å². The second-order valence-electron chi connectivity index (χ2n) is 7.88. The molecule has 30 heavy (non-hydrogen) atoms. The molecule has 0 saturated carbocycles. The van der Waals surface area contributed by atoms with E-state index in [4.69, 9.17) is 4.74 Å². The van der Waals surface area contributed by atoms with Crippen molar-refractivity contribution in [3.05, 3.63) is 96.6 Å². The van der Waals surface area contributed by atoms with E-state index in [0.29, 0.717) is 6.54 Å². The molecule has 0 aliphatic heterocycles. The predicted octanol–water partition coefficient (Wildman–Crippen LogP) is 6.69. The zero-order valence-electron chi connectivity index (χ0n) is 17.7. The van der Waals surface area contributed by atoms with E-state index in [1.54, 1.807) is 0 Å². The number of carbonyl (C=O) groups excluding carboxylic acids is 1. The fourth-order valence-electron chi connectivity index (χ4n) is 2.99. The Balaban J connectivity index is 1.69. The summed E-state index contributed by atoms with van der Waals surface area (Å²) in [4.78, 5) is 13.9. The van der Waals surface area contributed by atoms with Gasteiger partial charge >= 0.3 is 6.09 Å². The number of anilines is 3. The Kier molecular flexibility index (Phi) is 6.91. The van der Waals surface area contributed by atoms with E-state index in [1.165, 1.54) is 0 Å². The molecule has 0 aliphatic rings. The van der Waals surface area contributed by atoms with Crippen molar-refractivity contribution in [1.29, 1.82) is 0 Å². The molecule has 0 radical (unpaired) electrons. The molecule has 1 N–H and O–H groups in total. The monoisotopic (exact) mass is 400 g/mol. The van der Waals surface area contributed by atoms with Crippen LogP contribution in [-0.4, -0.2) is 18.2 Å². The first kappa shape index (κ1) is 21.2. The first-order valence-electron chi connectivity index (χ1n) is 10.1. The van der Waals surface area contributed by atoms with Gasteiger partial charge in [-0.1, -0.05) is 60.7 Å². The van der Waals surface area contributed by atoms with Gasteiger partial charge in [0.05, 0.1) is 0 Å². The van der Waals surface area contributed by atoms with E-state index in [0.717, 1.165) is 22.6 Å². The Morgan fingerprint density at radius 2 is 1.33 bits per heavy atom. The lowest BCUT2D eigenvalue weighted by molar-refractivity contribution is 0.0534. The van der Waals surface area contributed by atoms with Gasteiger partial charge in [0.2, 0.25) is 0 Å². The topological polar surface area (TPSA) is 41.6 Å². The van der Waals surface area contributed by atoms with Crippen molar-refractivity contribution in [2.45, 2.75) is 26.4 Å². The summed E-state index contributed by atoms with van der Waals surface area (Å²) in [6, 6.07) is 28.9. The van der Waals surface area contributed by atoms with Crippen molar-refractivity contribution >= 4 is 29.2 Å². The lowest BCUT2D eigenvalue weighted by atomic mass is 10.1. The number of nitrogens with one attached hydrogen (secondary N) is 1. The lowest BCUT2D eigenvalue weighted by Crippen LogP contribution is -2.32. The number of para-hydroxylation sites is 2. The Hall–Kier alpha value is -3.53. The summed E-state index contributed by atoms with van der Waals surface area (Å²) in [5.74, 6) is 0. The smallest absolute Gasteiger partial charge is 0.407 e. The zero-order valence-corrected chi connectivity index (χ0v) is 17.7. The minimum atomic E-state index is -0.493. The third-order valence-corrected chi connectivity index (χ3v) is 4.25. The molecular weight excluding hydrogens is 372 g/mol. The quantitative estimate of drug-likeness (QED) is 0.501. The van der Waals surface area contributed by atoms with Crippen LogP contribution in [0.25, 0.3) is 6.08 Å². The van der Waals surface area contributed by atoms with E-state index in [9.17, 15) is 4.79 Å². The van der Waals surface area contributed by atoms with E-state index in [2.05, 4.69) is 58.7 Å². The molecule has 0 aromatic heterocycles. The van der Waals surface area contributed by atoms with Crippen LogP contribution in [0.3, 0.4) is 0 Å². The Morgan fingerprint density at radius 1 is 0.833 bits per heavy atom. The van der Waals surface area contributed by atoms with Crippen LogP contribution in [0.5, 0.6) is 0 Å². The molecule has 4 heteroatoms. The largest absolute Gasteiger partial charge is 0.444 e. The highest BCUT2D eigenvalue weighted by Gasteiger charge is 2.15. The highest BCUT2D eigenvalue weighted by atomic mass is 16.6. The number of nitrogens with zero attached hydrogens (tertiary/aromatic N) is 1. The van der Waals surface area contributed by atoms with Gasteiger partial charge in [0.15, 0.2) is 0 Å². The molecule has 0 fully saturated rings. The number of hydrogen-bond acceptors (Lipinski definition) is 3. The summed E-state index contributed by atoms with van der Waals surface area (Å²) in [5, 5.41) is 2.73. The molecule has 1 amide bonds. The number of benzene rings is 3. The maximum Gasteiger partial charge on any atom is 0.407 e. The van der Waals surface area contributed by atoms with Gasteiger partial charge in [0.25, 0.3) is 0 Å². The van der Waals surface area contributed by atoms with Crippen LogP contribution in [0.1, 0.15) is 26.3 Å². The summed E-state index contributed by atoms with van der Waals surface area (Å²) in [7, 11) is 0. The van der Waals surface area contributed by atoms with Crippen LogP contribution in [0.4, 0.5) is 21.9 Å². The van der Waals surface area contributed by atoms with Crippen LogP contribution >= 0.6 is 0 Å². The van der Waals surface area contributed by atoms with E-state index in [-0.39, 0.29) is 0 Å². The predicted molar refractivity (Wildman–Crippen MR) is 124 cm³/mol. The van der Waals surface area contributed by atoms with Crippen LogP contribution in [0, 0.1) is 0 Å². The van der Waals surface area contributed by atoms with Crippen molar-refractivity contribution in [2.24, 2.45) is 0 Å². The first-order chi connectivity index (χ1) is 14.4. The second kappa shape index (κ2) is 9.79. The molecule has 0 saturated heterocycles. The maximum absolute atomic E-state index is 11.7. The maximum atomic E-state index is 11.7. The van der Waals surface area contributed by atoms with Gasteiger partial charge in [0.1, 0.15) is 5.60 Å². The highest BCUT2D eigenvalue weighted by Crippen LogP contribution is 2.34. The Labute approximate surface area is 178 Å². The zero-order chi connectivity index (χ0) is 21.4. The molecule has 0 spiro atoms. The van der Waals surface area contributed by atoms with Crippen LogP contribution in [-0.2, 0) is 4.74 Å². The number of hydrogen-bond donors (Lipinski definition) is 1. The normalized spacial score (nSPS) is 11.3. The lowest BCUT2D eigenvalue weighted by Gasteiger charge is -2.25. The van der Waals surface area contributed by atoms with Crippen LogP contribution in [0.2, 0.25) is 0 Å². The van der Waals surface area contributed by atoms with Crippen molar-refractivity contribution in [1.82, 2.24) is 5.32 Å². The number of alkyl carbamates (subject to hydrolysis) is 1. The molecule has 154 valence electrons. The summed E-state index contributed by atoms with van der Waals surface area (Å²) >= 11 is 0. The molecule has 0 heterocycles. The summed E-state index contributed by atoms with van der Waals surface area (Å²) in [5.41, 5.74) is 3.86. The molecule has 0 unspecified atom stereocenters. The molecule has 4 nitrogen and oxygen atoms in total. The summed E-state index contributed by atoms with van der Waals surface area (Å²) in [6.07, 6.45) is 3.48. The summed E-state index contributed by atoms with van der Waals surface area (Å²) < 4.78 is 5.23. The van der Waals surface area contributed by atoms with Gasteiger partial charge in [-0.3, -0.25) is 0 Å². The van der Waals surface area contributed by atoms with Crippen molar-refractivity contribution in [2.75, 3.05) is 11.4 Å². The van der Waals surface area contributed by atoms with Crippen molar-refractivity contribution in [3.8, 4) is 0 Å². The summed E-state index contributed by atoms with van der Waals surface area (Å²) in [6.45, 7) is 5.95. The standard InChI is InChI=1S/C26H28N2O2/c1-26(2,3)30-25(29)27-20-10-11-21-16-18-24(19-17-21)28(22-12-6-4-7-13-22)23-14-8-5-9-15-23/h4-19H,20H2,1-3H3,(H,27,29). The molecule has 3 aromatic rings. The van der Waals surface area contributed by atoms with E-state index >= 15 is 0 Å². The average molecular weight is 401 g/mol. The highest BCUT2D eigenvalue weighted by molar-refractivity contribution is 5.76. The fraction of sp³-hybridized carbons (Fsp3) is 0.192. The van der Waals surface area contributed by atoms with Gasteiger partial charge < -0.3 is 15.0 Å². The third kappa shape index (κ3) is 6.24. The molecule has 0 atom stereocenters. The van der Waals surface area contributed by atoms with E-state index < -0.39 is 11.7 Å². The number of rotatable bonds is 6. The Bertz CT molecular complexity index is 920. The molecule has 0 bridgehead atoms. The minimum Gasteiger partial charge on any atom is -0.444 e. The van der Waals surface area contributed by atoms with E-state index in [1.807, 2.05) is 69.3 Å². The average Bonchev–Trinajstić information content (AvgIpc) is 2.73. The fourth-order valence-corrected chi connectivity index (χ4v) is 2.99. The van der Waals surface area contributed by atoms with Gasteiger partial charge in [-0.15, -0.1) is 0 Å². The number of ether oxygens (including phenoxy) is 1. The van der Waals surface area contributed by atoms with Crippen LogP contribution in [0.15, 0.2) is 91.0 Å². The van der Waals surface area contributed by atoms with Crippen LogP contribution < -0.4 is 10.2 Å². The number of amides is 1. The third-order valence-electron chi connectivity index (χ3n) is 4.25. The van der Waals surface area contributed by atoms with Gasteiger partial charge in [-0.2, -0.15) is 0 Å². The van der Waals surface area contributed by atoms with Gasteiger partial charge in [-0.25, -0.2) is 4.79 Å². The first-order valence-corrected chi connectivity index (χ1v) is 10.1. The molecule has 3 rings (SSSR count). The minimum absolute atomic E-state index is 0.413. The van der Waals surface area contributed by atoms with Crippen molar-refractivity contribution < 1.29 is 9.53 Å². The molecular formula is C26H28N2O2. The molecule has 0 aliphatic carbocycles. The SMILES string of the molecule is CC(C)(C)OC(=O)NCC=Cc1ccc(N(c2ccccc2)c2ccccc2)cc1. The molecule has 3 aromatic carbocycles. The second-order valence-corrected chi connectivity index (χ2v) is 7.88. The van der Waals surface area contributed by atoms with Gasteiger partial charge in [-0.05, 0) is 62.7 Å².